The Morgan fingerprint density at radius 1 is 1.17 bits per heavy atom. The van der Waals surface area contributed by atoms with E-state index in [0.29, 0.717) is 12.6 Å². The summed E-state index contributed by atoms with van der Waals surface area (Å²) < 4.78 is 0. The molecular weight excluding hydrogens is 316 g/mol. The molecule has 5 heteroatoms. The molecule has 2 aromatic rings. The van der Waals surface area contributed by atoms with E-state index in [1.807, 2.05) is 0 Å². The minimum absolute atomic E-state index is 0.302. The highest BCUT2D eigenvalue weighted by Gasteiger charge is 2.14. The number of likely N-dealkylation sites (N-methyl/N-ethyl adjacent to an activating group) is 1. The van der Waals surface area contributed by atoms with Gasteiger partial charge in [0.1, 0.15) is 0 Å². The van der Waals surface area contributed by atoms with Gasteiger partial charge in [-0.15, -0.1) is 11.3 Å². The maximum atomic E-state index is 4.68. The van der Waals surface area contributed by atoms with E-state index >= 15 is 0 Å². The summed E-state index contributed by atoms with van der Waals surface area (Å²) in [6.07, 6.45) is 0. The van der Waals surface area contributed by atoms with Crippen molar-refractivity contribution in [3.05, 3.63) is 57.8 Å². The second-order valence-electron chi connectivity index (χ2n) is 6.05. The zero-order chi connectivity index (χ0) is 17.4. The molecule has 0 amide bonds. The minimum atomic E-state index is 0.302. The van der Waals surface area contributed by atoms with Gasteiger partial charge in [0.15, 0.2) is 5.96 Å². The van der Waals surface area contributed by atoms with Crippen molar-refractivity contribution in [2.75, 3.05) is 27.2 Å². The summed E-state index contributed by atoms with van der Waals surface area (Å²) in [5.74, 6) is 0.866. The van der Waals surface area contributed by atoms with Gasteiger partial charge in [0.25, 0.3) is 0 Å². The maximum Gasteiger partial charge on any atom is 0.191 e. The lowest BCUT2D eigenvalue weighted by atomic mass is 10.0. The first kappa shape index (κ1) is 18.5. The molecule has 0 aliphatic rings. The molecule has 1 aromatic carbocycles. The van der Waals surface area contributed by atoms with Crippen LogP contribution in [0, 0.1) is 6.92 Å². The first-order chi connectivity index (χ1) is 11.6. The molecule has 0 bridgehead atoms. The van der Waals surface area contributed by atoms with Crippen molar-refractivity contribution >= 4 is 17.3 Å². The van der Waals surface area contributed by atoms with Crippen molar-refractivity contribution < 1.29 is 0 Å². The molecule has 0 aliphatic heterocycles. The number of benzene rings is 1. The molecule has 4 nitrogen and oxygen atoms in total. The van der Waals surface area contributed by atoms with Gasteiger partial charge in [0, 0.05) is 18.0 Å². The van der Waals surface area contributed by atoms with Crippen LogP contribution in [0.15, 0.2) is 46.8 Å². The Labute approximate surface area is 149 Å². The molecule has 0 spiro atoms. The molecule has 0 fully saturated rings. The molecule has 2 rings (SSSR count). The van der Waals surface area contributed by atoms with Crippen molar-refractivity contribution in [1.82, 2.24) is 15.5 Å². The van der Waals surface area contributed by atoms with Crippen molar-refractivity contribution in [2.24, 2.45) is 4.99 Å². The third kappa shape index (κ3) is 5.65. The smallest absolute Gasteiger partial charge is 0.191 e. The number of hydrogen-bond acceptors (Lipinski definition) is 3. The van der Waals surface area contributed by atoms with Gasteiger partial charge < -0.3 is 15.5 Å². The summed E-state index contributed by atoms with van der Waals surface area (Å²) in [5.41, 5.74) is 2.60. The fourth-order valence-electron chi connectivity index (χ4n) is 2.48. The van der Waals surface area contributed by atoms with Gasteiger partial charge in [0.05, 0.1) is 12.6 Å². The SMILES string of the molecule is CCNC(=NCc1cccs1)NCC(c1ccc(C)cc1)N(C)C. The second-order valence-corrected chi connectivity index (χ2v) is 7.08. The van der Waals surface area contributed by atoms with E-state index in [0.717, 1.165) is 19.0 Å². The van der Waals surface area contributed by atoms with Crippen LogP contribution in [0.25, 0.3) is 0 Å². The van der Waals surface area contributed by atoms with Gasteiger partial charge in [-0.05, 0) is 45.0 Å². The Kier molecular flexibility index (Phi) is 7.28. The first-order valence-corrected chi connectivity index (χ1v) is 9.25. The summed E-state index contributed by atoms with van der Waals surface area (Å²) in [7, 11) is 4.23. The van der Waals surface area contributed by atoms with Gasteiger partial charge in [-0.2, -0.15) is 0 Å². The number of nitrogens with one attached hydrogen (secondary N) is 2. The maximum absolute atomic E-state index is 4.68. The van der Waals surface area contributed by atoms with Crippen LogP contribution in [0.2, 0.25) is 0 Å². The third-order valence-electron chi connectivity index (χ3n) is 3.87. The molecule has 2 N–H and O–H groups in total. The highest BCUT2D eigenvalue weighted by Crippen LogP contribution is 2.18. The molecule has 0 saturated carbocycles. The highest BCUT2D eigenvalue weighted by atomic mass is 32.1. The summed E-state index contributed by atoms with van der Waals surface area (Å²) in [5, 5.41) is 8.89. The van der Waals surface area contributed by atoms with E-state index in [-0.39, 0.29) is 0 Å². The first-order valence-electron chi connectivity index (χ1n) is 8.37. The lowest BCUT2D eigenvalue weighted by Crippen LogP contribution is -2.41. The fourth-order valence-corrected chi connectivity index (χ4v) is 3.11. The van der Waals surface area contributed by atoms with E-state index in [9.17, 15) is 0 Å². The predicted octanol–water partition coefficient (Wildman–Crippen LogP) is 3.41. The lowest BCUT2D eigenvalue weighted by molar-refractivity contribution is 0.298. The fraction of sp³-hybridized carbons (Fsp3) is 0.421. The van der Waals surface area contributed by atoms with Crippen molar-refractivity contribution in [2.45, 2.75) is 26.4 Å². The zero-order valence-electron chi connectivity index (χ0n) is 15.0. The molecule has 0 saturated heterocycles. The number of aliphatic imine (C=N–C) groups is 1. The topological polar surface area (TPSA) is 39.7 Å². The molecular formula is C19H28N4S. The van der Waals surface area contributed by atoms with Crippen LogP contribution in [-0.4, -0.2) is 38.0 Å². The van der Waals surface area contributed by atoms with Gasteiger partial charge in [-0.3, -0.25) is 0 Å². The molecule has 1 heterocycles. The summed E-state index contributed by atoms with van der Waals surface area (Å²) in [6, 6.07) is 13.2. The van der Waals surface area contributed by atoms with E-state index in [4.69, 9.17) is 0 Å². The van der Waals surface area contributed by atoms with Gasteiger partial charge in [0.2, 0.25) is 0 Å². The van der Waals surface area contributed by atoms with E-state index in [1.54, 1.807) is 11.3 Å². The van der Waals surface area contributed by atoms with Crippen molar-refractivity contribution in [1.29, 1.82) is 0 Å². The number of thiophene rings is 1. The van der Waals surface area contributed by atoms with Crippen molar-refractivity contribution in [3.63, 3.8) is 0 Å². The Bertz CT molecular complexity index is 617. The number of hydrogen-bond donors (Lipinski definition) is 2. The van der Waals surface area contributed by atoms with E-state index in [1.165, 1.54) is 16.0 Å². The van der Waals surface area contributed by atoms with Gasteiger partial charge >= 0.3 is 0 Å². The van der Waals surface area contributed by atoms with Crippen molar-refractivity contribution in [3.8, 4) is 0 Å². The Hall–Kier alpha value is -1.85. The third-order valence-corrected chi connectivity index (χ3v) is 4.73. The van der Waals surface area contributed by atoms with Crippen LogP contribution in [0.4, 0.5) is 0 Å². The standard InChI is InChI=1S/C19H28N4S/c1-5-20-19(21-13-17-7-6-12-24-17)22-14-18(23(3)4)16-10-8-15(2)9-11-16/h6-12,18H,5,13-14H2,1-4H3,(H2,20,21,22). The quantitative estimate of drug-likeness (QED) is 0.597. The predicted molar refractivity (Wildman–Crippen MR) is 105 cm³/mol. The molecule has 130 valence electrons. The largest absolute Gasteiger partial charge is 0.357 e. The van der Waals surface area contributed by atoms with Crippen LogP contribution in [0.1, 0.15) is 29.0 Å². The summed E-state index contributed by atoms with van der Waals surface area (Å²) in [6.45, 7) is 6.59. The normalized spacial score (nSPS) is 13.1. The Morgan fingerprint density at radius 3 is 2.50 bits per heavy atom. The second kappa shape index (κ2) is 9.45. The number of aryl methyl sites for hydroxylation is 1. The molecule has 0 radical (unpaired) electrons. The van der Waals surface area contributed by atoms with Crippen LogP contribution in [0.5, 0.6) is 0 Å². The minimum Gasteiger partial charge on any atom is -0.357 e. The van der Waals surface area contributed by atoms with Crippen LogP contribution >= 0.6 is 11.3 Å². The molecule has 0 aliphatic carbocycles. The van der Waals surface area contributed by atoms with Gasteiger partial charge in [-0.25, -0.2) is 4.99 Å². The monoisotopic (exact) mass is 344 g/mol. The molecule has 1 unspecified atom stereocenters. The summed E-state index contributed by atoms with van der Waals surface area (Å²) >= 11 is 1.74. The molecule has 1 aromatic heterocycles. The van der Waals surface area contributed by atoms with Crippen LogP contribution in [0.3, 0.4) is 0 Å². The number of guanidine groups is 1. The Balaban J connectivity index is 2.01. The summed E-state index contributed by atoms with van der Waals surface area (Å²) in [4.78, 5) is 8.19. The average Bonchev–Trinajstić information content (AvgIpc) is 3.07. The highest BCUT2D eigenvalue weighted by molar-refractivity contribution is 7.09. The van der Waals surface area contributed by atoms with E-state index in [2.05, 4.69) is 90.2 Å². The van der Waals surface area contributed by atoms with Crippen LogP contribution < -0.4 is 10.6 Å². The van der Waals surface area contributed by atoms with Crippen LogP contribution in [-0.2, 0) is 6.54 Å². The lowest BCUT2D eigenvalue weighted by Gasteiger charge is -2.26. The Morgan fingerprint density at radius 2 is 1.92 bits per heavy atom. The number of nitrogens with zero attached hydrogens (tertiary/aromatic N) is 2. The number of rotatable bonds is 7. The van der Waals surface area contributed by atoms with E-state index < -0.39 is 0 Å². The molecule has 1 atom stereocenters. The molecule has 24 heavy (non-hydrogen) atoms. The zero-order valence-corrected chi connectivity index (χ0v) is 15.9. The van der Waals surface area contributed by atoms with Gasteiger partial charge in [-0.1, -0.05) is 35.9 Å². The average molecular weight is 345 g/mol.